The van der Waals surface area contributed by atoms with Crippen LogP contribution in [0.1, 0.15) is 50.2 Å². The number of nitrogens with zero attached hydrogens (tertiary/aromatic N) is 1. The summed E-state index contributed by atoms with van der Waals surface area (Å²) in [5, 5.41) is 0. The molecule has 0 aromatic heterocycles. The van der Waals surface area contributed by atoms with Crippen LogP contribution < -0.4 is 0 Å². The van der Waals surface area contributed by atoms with E-state index in [9.17, 15) is 0 Å². The molecule has 1 aromatic rings. The molecule has 0 heterocycles. The van der Waals surface area contributed by atoms with E-state index in [-0.39, 0.29) is 0 Å². The summed E-state index contributed by atoms with van der Waals surface area (Å²) in [5.41, 5.74) is 2.82. The van der Waals surface area contributed by atoms with E-state index in [1.54, 1.807) is 0 Å². The van der Waals surface area contributed by atoms with Gasteiger partial charge in [0.05, 0.1) is 0 Å². The zero-order valence-electron chi connectivity index (χ0n) is 12.0. The average molecular weight is 268 g/mol. The lowest BCUT2D eigenvalue weighted by Crippen LogP contribution is -2.19. The lowest BCUT2D eigenvalue weighted by atomic mass is 10.0. The molecule has 1 rings (SSSR count). The maximum Gasteiger partial charge on any atom is 0.0230 e. The molecule has 102 valence electrons. The summed E-state index contributed by atoms with van der Waals surface area (Å²) in [5.74, 6) is 1.41. The van der Waals surface area contributed by atoms with Crippen LogP contribution >= 0.6 is 11.6 Å². The number of benzene rings is 1. The second-order valence-electron chi connectivity index (χ2n) is 5.38. The normalized spacial score (nSPS) is 11.4. The summed E-state index contributed by atoms with van der Waals surface area (Å²) in [6, 6.07) is 9.01. The van der Waals surface area contributed by atoms with Gasteiger partial charge >= 0.3 is 0 Å². The molecular weight excluding hydrogens is 242 g/mol. The van der Waals surface area contributed by atoms with Gasteiger partial charge in [0.25, 0.3) is 0 Å². The zero-order chi connectivity index (χ0) is 13.4. The molecule has 0 atom stereocenters. The van der Waals surface area contributed by atoms with E-state index in [1.807, 2.05) is 0 Å². The zero-order valence-corrected chi connectivity index (χ0v) is 12.7. The highest BCUT2D eigenvalue weighted by Crippen LogP contribution is 2.15. The van der Waals surface area contributed by atoms with E-state index in [1.165, 1.54) is 24.0 Å². The number of unbranched alkanes of at least 4 members (excludes halogenated alkanes) is 2. The van der Waals surface area contributed by atoms with Crippen molar-refractivity contribution in [2.45, 2.75) is 45.6 Å². The summed E-state index contributed by atoms with van der Waals surface area (Å²) < 4.78 is 0. The molecule has 2 heteroatoms. The van der Waals surface area contributed by atoms with E-state index in [2.05, 4.69) is 50.1 Å². The molecule has 0 saturated heterocycles. The molecule has 18 heavy (non-hydrogen) atoms. The SMILES string of the molecule is CC(C)c1ccc(CN(C)CCCCCCl)cc1. The molecule has 0 aliphatic heterocycles. The maximum atomic E-state index is 5.67. The number of alkyl halides is 1. The van der Waals surface area contributed by atoms with E-state index in [0.717, 1.165) is 25.4 Å². The largest absolute Gasteiger partial charge is 0.302 e. The number of halogens is 1. The van der Waals surface area contributed by atoms with Crippen molar-refractivity contribution in [1.29, 1.82) is 0 Å². The van der Waals surface area contributed by atoms with Gasteiger partial charge in [0.15, 0.2) is 0 Å². The fourth-order valence-electron chi connectivity index (χ4n) is 2.05. The topological polar surface area (TPSA) is 3.24 Å². The third-order valence-electron chi connectivity index (χ3n) is 3.27. The third-order valence-corrected chi connectivity index (χ3v) is 3.54. The Labute approximate surface area is 117 Å². The first kappa shape index (κ1) is 15.5. The Morgan fingerprint density at radius 2 is 1.72 bits per heavy atom. The monoisotopic (exact) mass is 267 g/mol. The lowest BCUT2D eigenvalue weighted by Gasteiger charge is -2.17. The fourth-order valence-corrected chi connectivity index (χ4v) is 2.24. The Kier molecular flexibility index (Phi) is 7.38. The second kappa shape index (κ2) is 8.55. The Hall–Kier alpha value is -0.530. The minimum atomic E-state index is 0.618. The molecule has 1 nitrogen and oxygen atoms in total. The fraction of sp³-hybridized carbons (Fsp3) is 0.625. The highest BCUT2D eigenvalue weighted by Gasteiger charge is 2.02. The van der Waals surface area contributed by atoms with E-state index < -0.39 is 0 Å². The van der Waals surface area contributed by atoms with E-state index >= 15 is 0 Å². The van der Waals surface area contributed by atoms with Gasteiger partial charge in [-0.2, -0.15) is 0 Å². The first-order valence-corrected chi connectivity index (χ1v) is 7.50. The van der Waals surface area contributed by atoms with Gasteiger partial charge in [0, 0.05) is 12.4 Å². The average Bonchev–Trinajstić information content (AvgIpc) is 2.35. The van der Waals surface area contributed by atoms with Gasteiger partial charge in [-0.25, -0.2) is 0 Å². The molecule has 0 saturated carbocycles. The van der Waals surface area contributed by atoms with Crippen molar-refractivity contribution < 1.29 is 0 Å². The summed E-state index contributed by atoms with van der Waals surface area (Å²) >= 11 is 5.67. The van der Waals surface area contributed by atoms with Gasteiger partial charge in [0.1, 0.15) is 0 Å². The van der Waals surface area contributed by atoms with Crippen LogP contribution in [0, 0.1) is 0 Å². The predicted molar refractivity (Wildman–Crippen MR) is 81.4 cm³/mol. The van der Waals surface area contributed by atoms with E-state index in [4.69, 9.17) is 11.6 Å². The van der Waals surface area contributed by atoms with Crippen molar-refractivity contribution in [2.24, 2.45) is 0 Å². The first-order valence-electron chi connectivity index (χ1n) is 6.97. The van der Waals surface area contributed by atoms with Gasteiger partial charge in [0.2, 0.25) is 0 Å². The molecule has 0 aliphatic rings. The van der Waals surface area contributed by atoms with Crippen molar-refractivity contribution in [1.82, 2.24) is 4.90 Å². The summed E-state index contributed by atoms with van der Waals surface area (Å²) in [7, 11) is 2.19. The van der Waals surface area contributed by atoms with Crippen LogP contribution in [0.4, 0.5) is 0 Å². The van der Waals surface area contributed by atoms with Crippen LogP contribution in [-0.4, -0.2) is 24.4 Å². The molecule has 0 amide bonds. The van der Waals surface area contributed by atoms with Gasteiger partial charge in [-0.3, -0.25) is 0 Å². The van der Waals surface area contributed by atoms with Crippen molar-refractivity contribution in [3.05, 3.63) is 35.4 Å². The van der Waals surface area contributed by atoms with Crippen LogP contribution in [0.3, 0.4) is 0 Å². The van der Waals surface area contributed by atoms with Gasteiger partial charge in [-0.15, -0.1) is 11.6 Å². The summed E-state index contributed by atoms with van der Waals surface area (Å²) in [4.78, 5) is 2.39. The van der Waals surface area contributed by atoms with Crippen LogP contribution in [0.25, 0.3) is 0 Å². The summed E-state index contributed by atoms with van der Waals surface area (Å²) in [6.45, 7) is 6.66. The molecule has 0 aliphatic carbocycles. The van der Waals surface area contributed by atoms with Gasteiger partial charge in [-0.05, 0) is 43.5 Å². The molecular formula is C16H26ClN. The van der Waals surface area contributed by atoms with Gasteiger partial charge < -0.3 is 4.90 Å². The van der Waals surface area contributed by atoms with Crippen LogP contribution in [0.15, 0.2) is 24.3 Å². The van der Waals surface area contributed by atoms with Crippen molar-refractivity contribution >= 4 is 11.6 Å². The molecule has 0 bridgehead atoms. The minimum absolute atomic E-state index is 0.618. The second-order valence-corrected chi connectivity index (χ2v) is 5.76. The Bertz CT molecular complexity index is 318. The molecule has 0 radical (unpaired) electrons. The highest BCUT2D eigenvalue weighted by atomic mass is 35.5. The number of rotatable bonds is 8. The van der Waals surface area contributed by atoms with Crippen LogP contribution in [0.2, 0.25) is 0 Å². The maximum absolute atomic E-state index is 5.67. The number of hydrogen-bond donors (Lipinski definition) is 0. The smallest absolute Gasteiger partial charge is 0.0230 e. The van der Waals surface area contributed by atoms with Crippen molar-refractivity contribution in [2.75, 3.05) is 19.5 Å². The number of hydrogen-bond acceptors (Lipinski definition) is 1. The van der Waals surface area contributed by atoms with Crippen LogP contribution in [-0.2, 0) is 6.54 Å². The Morgan fingerprint density at radius 1 is 1.06 bits per heavy atom. The Morgan fingerprint density at radius 3 is 2.28 bits per heavy atom. The molecule has 1 aromatic carbocycles. The van der Waals surface area contributed by atoms with Crippen molar-refractivity contribution in [3.8, 4) is 0 Å². The lowest BCUT2D eigenvalue weighted by molar-refractivity contribution is 0.318. The predicted octanol–water partition coefficient (Wildman–Crippen LogP) is 4.65. The van der Waals surface area contributed by atoms with E-state index in [0.29, 0.717) is 5.92 Å². The third kappa shape index (κ3) is 5.88. The highest BCUT2D eigenvalue weighted by molar-refractivity contribution is 6.17. The molecule has 0 fully saturated rings. The standard InChI is InChI=1S/C16H26ClN/c1-14(2)16-9-7-15(8-10-16)13-18(3)12-6-4-5-11-17/h7-10,14H,4-6,11-13H2,1-3H3. The van der Waals surface area contributed by atoms with Crippen molar-refractivity contribution in [3.63, 3.8) is 0 Å². The van der Waals surface area contributed by atoms with Crippen LogP contribution in [0.5, 0.6) is 0 Å². The summed E-state index contributed by atoms with van der Waals surface area (Å²) in [6.07, 6.45) is 3.62. The Balaban J connectivity index is 2.32. The quantitative estimate of drug-likeness (QED) is 0.489. The molecule has 0 spiro atoms. The molecule has 0 unspecified atom stereocenters. The minimum Gasteiger partial charge on any atom is -0.302 e. The first-order chi connectivity index (χ1) is 8.63. The molecule has 0 N–H and O–H groups in total. The van der Waals surface area contributed by atoms with Gasteiger partial charge in [-0.1, -0.05) is 44.5 Å².